The van der Waals surface area contributed by atoms with Gasteiger partial charge in [-0.05, 0) is 23.8 Å². The minimum Gasteiger partial charge on any atom is -0.256 e. The molecular weight excluding hydrogens is 248 g/mol. The first kappa shape index (κ1) is 11.1. The number of hydrogen-bond acceptors (Lipinski definition) is 3. The maximum absolute atomic E-state index is 4.50. The first-order valence-corrected chi connectivity index (χ1v) is 6.46. The predicted octanol–water partition coefficient (Wildman–Crippen LogP) is 3.18. The zero-order valence-electron chi connectivity index (χ0n) is 11.0. The van der Waals surface area contributed by atoms with Crippen molar-refractivity contribution in [1.29, 1.82) is 0 Å². The van der Waals surface area contributed by atoms with Crippen LogP contribution in [0.25, 0.3) is 33.1 Å². The van der Waals surface area contributed by atoms with Crippen LogP contribution in [0, 0.1) is 0 Å². The smallest absolute Gasteiger partial charge is 0.113 e. The van der Waals surface area contributed by atoms with Crippen LogP contribution >= 0.6 is 0 Å². The Morgan fingerprint density at radius 1 is 0.900 bits per heavy atom. The lowest BCUT2D eigenvalue weighted by Gasteiger charge is -2.05. The molecule has 4 rings (SSSR count). The van der Waals surface area contributed by atoms with Crippen molar-refractivity contribution in [1.82, 2.24) is 20.0 Å². The number of benzene rings is 2. The first-order valence-electron chi connectivity index (χ1n) is 6.46. The van der Waals surface area contributed by atoms with E-state index in [2.05, 4.69) is 51.6 Å². The molecule has 2 aromatic carbocycles. The molecule has 0 atom stereocenters. The first-order chi connectivity index (χ1) is 9.81. The van der Waals surface area contributed by atoms with E-state index in [0.717, 1.165) is 33.1 Å². The van der Waals surface area contributed by atoms with Gasteiger partial charge in [-0.1, -0.05) is 30.3 Å². The Hall–Kier alpha value is -2.75. The fourth-order valence-corrected chi connectivity index (χ4v) is 2.53. The lowest BCUT2D eigenvalue weighted by atomic mass is 10.0. The summed E-state index contributed by atoms with van der Waals surface area (Å²) in [4.78, 5) is 6.09. The summed E-state index contributed by atoms with van der Waals surface area (Å²) in [6, 6.07) is 16.4. The minimum absolute atomic E-state index is 0.901. The summed E-state index contributed by atoms with van der Waals surface area (Å²) in [5.74, 6) is 0. The summed E-state index contributed by atoms with van der Waals surface area (Å²) in [7, 11) is 1.83. The number of nitrogens with zero attached hydrogens (tertiary/aromatic N) is 4. The van der Waals surface area contributed by atoms with Crippen molar-refractivity contribution in [3.05, 3.63) is 54.7 Å². The van der Waals surface area contributed by atoms with Gasteiger partial charge < -0.3 is 0 Å². The molecule has 0 fully saturated rings. The van der Waals surface area contributed by atoms with E-state index in [1.54, 1.807) is 4.80 Å². The molecule has 0 saturated carbocycles. The minimum atomic E-state index is 0.901. The third-order valence-corrected chi connectivity index (χ3v) is 3.42. The highest BCUT2D eigenvalue weighted by atomic mass is 15.4. The molecule has 20 heavy (non-hydrogen) atoms. The van der Waals surface area contributed by atoms with Gasteiger partial charge in [0.1, 0.15) is 11.0 Å². The average molecular weight is 260 g/mol. The standard InChI is InChI=1S/C16H12N4/c1-20-18-14-8-7-12(10-15(14)19-20)13-6-2-4-11-5-3-9-17-16(11)13/h2-10H,1H3. The normalized spacial score (nSPS) is 11.2. The Morgan fingerprint density at radius 3 is 2.70 bits per heavy atom. The van der Waals surface area contributed by atoms with Crippen LogP contribution in [0.5, 0.6) is 0 Å². The van der Waals surface area contributed by atoms with Crippen molar-refractivity contribution in [3.63, 3.8) is 0 Å². The molecule has 0 aliphatic carbocycles. The summed E-state index contributed by atoms with van der Waals surface area (Å²) in [6.07, 6.45) is 1.83. The Morgan fingerprint density at radius 2 is 1.75 bits per heavy atom. The molecule has 0 amide bonds. The molecule has 4 nitrogen and oxygen atoms in total. The van der Waals surface area contributed by atoms with E-state index >= 15 is 0 Å². The molecule has 0 unspecified atom stereocenters. The Balaban J connectivity index is 2.00. The van der Waals surface area contributed by atoms with Crippen LogP contribution in [0.2, 0.25) is 0 Å². The van der Waals surface area contributed by atoms with Gasteiger partial charge in [-0.3, -0.25) is 4.98 Å². The van der Waals surface area contributed by atoms with Gasteiger partial charge in [0.25, 0.3) is 0 Å². The topological polar surface area (TPSA) is 43.6 Å². The number of rotatable bonds is 1. The lowest BCUT2D eigenvalue weighted by Crippen LogP contribution is -1.90. The molecule has 0 spiro atoms. The van der Waals surface area contributed by atoms with Gasteiger partial charge in [0.2, 0.25) is 0 Å². The second-order valence-corrected chi connectivity index (χ2v) is 4.77. The predicted molar refractivity (Wildman–Crippen MR) is 79.2 cm³/mol. The molecular formula is C16H12N4. The number of fused-ring (bicyclic) bond motifs is 2. The van der Waals surface area contributed by atoms with Gasteiger partial charge in [-0.15, -0.1) is 0 Å². The van der Waals surface area contributed by atoms with Crippen molar-refractivity contribution < 1.29 is 0 Å². The van der Waals surface area contributed by atoms with Gasteiger partial charge in [0.05, 0.1) is 5.52 Å². The van der Waals surface area contributed by atoms with E-state index in [1.807, 2.05) is 25.4 Å². The van der Waals surface area contributed by atoms with E-state index in [-0.39, 0.29) is 0 Å². The van der Waals surface area contributed by atoms with Crippen LogP contribution in [0.15, 0.2) is 54.7 Å². The van der Waals surface area contributed by atoms with E-state index < -0.39 is 0 Å². The second-order valence-electron chi connectivity index (χ2n) is 4.77. The second kappa shape index (κ2) is 4.13. The molecule has 0 aliphatic rings. The molecule has 2 heterocycles. The third kappa shape index (κ3) is 1.66. The fraction of sp³-hybridized carbons (Fsp3) is 0.0625. The molecule has 4 aromatic rings. The van der Waals surface area contributed by atoms with Crippen LogP contribution in [-0.2, 0) is 7.05 Å². The molecule has 0 aliphatic heterocycles. The number of pyridine rings is 1. The van der Waals surface area contributed by atoms with Crippen LogP contribution in [-0.4, -0.2) is 20.0 Å². The number of hydrogen-bond donors (Lipinski definition) is 0. The summed E-state index contributed by atoms with van der Waals surface area (Å²) in [5.41, 5.74) is 5.05. The molecule has 0 saturated heterocycles. The van der Waals surface area contributed by atoms with Crippen LogP contribution in [0.4, 0.5) is 0 Å². The van der Waals surface area contributed by atoms with Crippen molar-refractivity contribution in [2.45, 2.75) is 0 Å². The molecule has 96 valence electrons. The molecule has 0 N–H and O–H groups in total. The Labute approximate surface area is 115 Å². The molecule has 0 bridgehead atoms. The Bertz CT molecular complexity index is 919. The number of para-hydroxylation sites is 1. The van der Waals surface area contributed by atoms with Gasteiger partial charge in [0, 0.05) is 24.2 Å². The molecule has 0 radical (unpaired) electrons. The Kier molecular flexibility index (Phi) is 2.29. The number of aryl methyl sites for hydroxylation is 1. The van der Waals surface area contributed by atoms with Crippen LogP contribution in [0.3, 0.4) is 0 Å². The van der Waals surface area contributed by atoms with Crippen molar-refractivity contribution in [2.75, 3.05) is 0 Å². The highest BCUT2D eigenvalue weighted by molar-refractivity contribution is 5.95. The van der Waals surface area contributed by atoms with Gasteiger partial charge in [0.15, 0.2) is 0 Å². The summed E-state index contributed by atoms with van der Waals surface area (Å²) in [6.45, 7) is 0. The fourth-order valence-electron chi connectivity index (χ4n) is 2.53. The summed E-state index contributed by atoms with van der Waals surface area (Å²) >= 11 is 0. The lowest BCUT2D eigenvalue weighted by molar-refractivity contribution is 0.665. The monoisotopic (exact) mass is 260 g/mol. The zero-order valence-corrected chi connectivity index (χ0v) is 11.0. The van der Waals surface area contributed by atoms with Crippen molar-refractivity contribution in [3.8, 4) is 11.1 Å². The molecule has 4 heteroatoms. The van der Waals surface area contributed by atoms with E-state index in [0.29, 0.717) is 0 Å². The summed E-state index contributed by atoms with van der Waals surface area (Å²) < 4.78 is 0. The van der Waals surface area contributed by atoms with E-state index in [4.69, 9.17) is 0 Å². The molecule has 2 aromatic heterocycles. The van der Waals surface area contributed by atoms with Crippen molar-refractivity contribution >= 4 is 21.9 Å². The number of aromatic nitrogens is 4. The van der Waals surface area contributed by atoms with Crippen LogP contribution < -0.4 is 0 Å². The maximum atomic E-state index is 4.50. The SMILES string of the molecule is Cn1nc2ccc(-c3cccc4cccnc34)cc2n1. The van der Waals surface area contributed by atoms with E-state index in [1.165, 1.54) is 0 Å². The largest absolute Gasteiger partial charge is 0.256 e. The highest BCUT2D eigenvalue weighted by Crippen LogP contribution is 2.28. The maximum Gasteiger partial charge on any atom is 0.113 e. The van der Waals surface area contributed by atoms with Crippen molar-refractivity contribution in [2.24, 2.45) is 7.05 Å². The highest BCUT2D eigenvalue weighted by Gasteiger charge is 2.07. The zero-order chi connectivity index (χ0) is 13.5. The third-order valence-electron chi connectivity index (χ3n) is 3.42. The van der Waals surface area contributed by atoms with E-state index in [9.17, 15) is 0 Å². The van der Waals surface area contributed by atoms with Crippen LogP contribution in [0.1, 0.15) is 0 Å². The summed E-state index contributed by atoms with van der Waals surface area (Å²) in [5, 5.41) is 9.81. The van der Waals surface area contributed by atoms with Gasteiger partial charge in [-0.2, -0.15) is 15.0 Å². The van der Waals surface area contributed by atoms with Gasteiger partial charge >= 0.3 is 0 Å². The quantitative estimate of drug-likeness (QED) is 0.528. The van der Waals surface area contributed by atoms with Gasteiger partial charge in [-0.25, -0.2) is 0 Å². The average Bonchev–Trinajstić information content (AvgIpc) is 2.85.